The lowest BCUT2D eigenvalue weighted by Crippen LogP contribution is -2.40. The van der Waals surface area contributed by atoms with Crippen molar-refractivity contribution in [2.75, 3.05) is 20.3 Å². The van der Waals surface area contributed by atoms with Gasteiger partial charge in [-0.15, -0.1) is 0 Å². The molecule has 6 nitrogen and oxygen atoms in total. The van der Waals surface area contributed by atoms with E-state index in [4.69, 9.17) is 14.6 Å². The lowest BCUT2D eigenvalue weighted by atomic mass is 10.1. The van der Waals surface area contributed by atoms with Crippen LogP contribution in [0.15, 0.2) is 24.3 Å². The number of aliphatic carboxylic acids is 1. The summed E-state index contributed by atoms with van der Waals surface area (Å²) in [7, 11) is 1.48. The van der Waals surface area contributed by atoms with Crippen LogP contribution >= 0.6 is 0 Å². The lowest BCUT2D eigenvalue weighted by molar-refractivity contribution is -0.141. The van der Waals surface area contributed by atoms with E-state index in [1.165, 1.54) is 18.9 Å². The Balaban J connectivity index is 1.92. The predicted molar refractivity (Wildman–Crippen MR) is 80.1 cm³/mol. The zero-order valence-corrected chi connectivity index (χ0v) is 12.8. The maximum absolute atomic E-state index is 12.2. The number of nitrogens with zero attached hydrogens (tertiary/aromatic N) is 1. The molecule has 0 bridgehead atoms. The van der Waals surface area contributed by atoms with Crippen LogP contribution in [0.5, 0.6) is 5.75 Å². The monoisotopic (exact) mass is 307 g/mol. The molecule has 1 N–H and O–H groups in total. The summed E-state index contributed by atoms with van der Waals surface area (Å²) in [6, 6.07) is 5.82. The molecule has 0 saturated carbocycles. The van der Waals surface area contributed by atoms with Gasteiger partial charge in [0.2, 0.25) is 0 Å². The second-order valence-electron chi connectivity index (χ2n) is 5.40. The van der Waals surface area contributed by atoms with Crippen molar-refractivity contribution in [3.05, 3.63) is 29.8 Å². The molecule has 1 heterocycles. The summed E-state index contributed by atoms with van der Waals surface area (Å²) in [5.74, 6) is -0.700. The number of carbonyl (C=O) groups is 2. The van der Waals surface area contributed by atoms with Crippen molar-refractivity contribution in [2.45, 2.75) is 31.9 Å². The smallest absolute Gasteiger partial charge is 0.326 e. The maximum Gasteiger partial charge on any atom is 0.326 e. The Kier molecular flexibility index (Phi) is 5.38. The van der Waals surface area contributed by atoms with Crippen LogP contribution in [0.25, 0.3) is 0 Å². The fourth-order valence-electron chi connectivity index (χ4n) is 2.20. The minimum absolute atomic E-state index is 0.142. The highest BCUT2D eigenvalue weighted by atomic mass is 16.5. The summed E-state index contributed by atoms with van der Waals surface area (Å²) in [5, 5.41) is 8.94. The Morgan fingerprint density at radius 2 is 2.09 bits per heavy atom. The van der Waals surface area contributed by atoms with Crippen LogP contribution in [0.2, 0.25) is 0 Å². The van der Waals surface area contributed by atoms with Gasteiger partial charge in [-0.3, -0.25) is 4.79 Å². The second-order valence-corrected chi connectivity index (χ2v) is 5.40. The molecule has 1 aliphatic heterocycles. The normalized spacial score (nSPS) is 18.7. The summed E-state index contributed by atoms with van der Waals surface area (Å²) < 4.78 is 11.1. The third-order valence-electron chi connectivity index (χ3n) is 3.82. The zero-order chi connectivity index (χ0) is 16.1. The molecule has 6 heteroatoms. The molecule has 1 aromatic rings. The van der Waals surface area contributed by atoms with E-state index in [0.717, 1.165) is 19.4 Å². The van der Waals surface area contributed by atoms with Crippen molar-refractivity contribution in [3.8, 4) is 5.75 Å². The average molecular weight is 307 g/mol. The molecule has 2 atom stereocenters. The zero-order valence-electron chi connectivity index (χ0n) is 12.8. The van der Waals surface area contributed by atoms with Crippen LogP contribution in [0.4, 0.5) is 0 Å². The summed E-state index contributed by atoms with van der Waals surface area (Å²) in [6.07, 6.45) is 2.22. The van der Waals surface area contributed by atoms with Gasteiger partial charge >= 0.3 is 5.97 Å². The molecule has 1 aromatic carbocycles. The number of carbonyl (C=O) groups excluding carboxylic acids is 1. The second kappa shape index (κ2) is 7.26. The van der Waals surface area contributed by atoms with Gasteiger partial charge in [0.25, 0.3) is 5.91 Å². The minimum Gasteiger partial charge on any atom is -0.491 e. The first-order valence-corrected chi connectivity index (χ1v) is 7.33. The summed E-state index contributed by atoms with van der Waals surface area (Å²) in [6.45, 7) is 2.76. The van der Waals surface area contributed by atoms with E-state index >= 15 is 0 Å². The topological polar surface area (TPSA) is 76.1 Å². The van der Waals surface area contributed by atoms with Crippen LogP contribution in [-0.2, 0) is 9.53 Å². The molecule has 0 aliphatic carbocycles. The number of likely N-dealkylation sites (N-methyl/N-ethyl adjacent to an activating group) is 1. The quantitative estimate of drug-likeness (QED) is 0.867. The number of hydrogen-bond acceptors (Lipinski definition) is 4. The molecule has 0 spiro atoms. The van der Waals surface area contributed by atoms with E-state index in [1.54, 1.807) is 24.3 Å². The van der Waals surface area contributed by atoms with E-state index in [0.29, 0.717) is 17.9 Å². The molecule has 2 rings (SSSR count). The number of carboxylic acid groups (broad SMARTS) is 1. The Labute approximate surface area is 129 Å². The summed E-state index contributed by atoms with van der Waals surface area (Å²) in [5.41, 5.74) is 0.431. The van der Waals surface area contributed by atoms with Crippen LogP contribution in [-0.4, -0.2) is 54.3 Å². The number of benzene rings is 1. The maximum atomic E-state index is 12.2. The Morgan fingerprint density at radius 1 is 1.41 bits per heavy atom. The van der Waals surface area contributed by atoms with Crippen molar-refractivity contribution in [1.29, 1.82) is 0 Å². The molecule has 1 fully saturated rings. The van der Waals surface area contributed by atoms with Gasteiger partial charge in [-0.1, -0.05) is 0 Å². The highest BCUT2D eigenvalue weighted by Gasteiger charge is 2.22. The molecule has 120 valence electrons. The largest absolute Gasteiger partial charge is 0.491 e. The van der Waals surface area contributed by atoms with Gasteiger partial charge in [0.05, 0.1) is 6.10 Å². The van der Waals surface area contributed by atoms with Gasteiger partial charge in [-0.25, -0.2) is 4.79 Å². The van der Waals surface area contributed by atoms with Crippen molar-refractivity contribution in [2.24, 2.45) is 0 Å². The molecule has 1 amide bonds. The van der Waals surface area contributed by atoms with E-state index in [-0.39, 0.29) is 12.0 Å². The van der Waals surface area contributed by atoms with Gasteiger partial charge in [0.15, 0.2) is 0 Å². The lowest BCUT2D eigenvalue weighted by Gasteiger charge is -2.21. The summed E-state index contributed by atoms with van der Waals surface area (Å²) >= 11 is 0. The van der Waals surface area contributed by atoms with E-state index in [2.05, 4.69) is 0 Å². The molecule has 2 unspecified atom stereocenters. The van der Waals surface area contributed by atoms with Gasteiger partial charge in [-0.05, 0) is 44.0 Å². The van der Waals surface area contributed by atoms with Crippen molar-refractivity contribution in [1.82, 2.24) is 4.90 Å². The molecule has 1 aliphatic rings. The SMILES string of the molecule is CC(C(=O)O)N(C)C(=O)c1ccc(OCC2CCCO2)cc1. The van der Waals surface area contributed by atoms with E-state index in [9.17, 15) is 9.59 Å². The van der Waals surface area contributed by atoms with Gasteiger partial charge in [0.1, 0.15) is 18.4 Å². The van der Waals surface area contributed by atoms with Crippen LogP contribution in [0.1, 0.15) is 30.1 Å². The van der Waals surface area contributed by atoms with Crippen molar-refractivity contribution >= 4 is 11.9 Å². The van der Waals surface area contributed by atoms with Crippen molar-refractivity contribution in [3.63, 3.8) is 0 Å². The first-order valence-electron chi connectivity index (χ1n) is 7.33. The third kappa shape index (κ3) is 3.98. The molecule has 0 aromatic heterocycles. The first kappa shape index (κ1) is 16.3. The summed E-state index contributed by atoms with van der Waals surface area (Å²) in [4.78, 5) is 24.3. The average Bonchev–Trinajstić information content (AvgIpc) is 3.04. The highest BCUT2D eigenvalue weighted by molar-refractivity contribution is 5.96. The predicted octanol–water partition coefficient (Wildman–Crippen LogP) is 1.79. The first-order chi connectivity index (χ1) is 10.5. The standard InChI is InChI=1S/C16H21NO5/c1-11(16(19)20)17(2)15(18)12-5-7-13(8-6-12)22-10-14-4-3-9-21-14/h5-8,11,14H,3-4,9-10H2,1-2H3,(H,19,20). The molecular weight excluding hydrogens is 286 g/mol. The number of amides is 1. The number of ether oxygens (including phenoxy) is 2. The van der Waals surface area contributed by atoms with Crippen molar-refractivity contribution < 1.29 is 24.2 Å². The van der Waals surface area contributed by atoms with Crippen LogP contribution in [0, 0.1) is 0 Å². The Bertz CT molecular complexity index is 522. The van der Waals surface area contributed by atoms with Crippen LogP contribution in [0.3, 0.4) is 0 Å². The Morgan fingerprint density at radius 3 is 2.64 bits per heavy atom. The number of rotatable bonds is 6. The highest BCUT2D eigenvalue weighted by Crippen LogP contribution is 2.17. The minimum atomic E-state index is -1.03. The van der Waals surface area contributed by atoms with E-state index in [1.807, 2.05) is 0 Å². The van der Waals surface area contributed by atoms with Gasteiger partial charge in [-0.2, -0.15) is 0 Å². The molecule has 22 heavy (non-hydrogen) atoms. The fourth-order valence-corrected chi connectivity index (χ4v) is 2.20. The third-order valence-corrected chi connectivity index (χ3v) is 3.82. The molecule has 1 saturated heterocycles. The van der Waals surface area contributed by atoms with Gasteiger partial charge in [0, 0.05) is 19.2 Å². The fraction of sp³-hybridized carbons (Fsp3) is 0.500. The molecular formula is C16H21NO5. The number of hydrogen-bond donors (Lipinski definition) is 1. The Hall–Kier alpha value is -2.08. The van der Waals surface area contributed by atoms with E-state index < -0.39 is 12.0 Å². The van der Waals surface area contributed by atoms with Gasteiger partial charge < -0.3 is 19.5 Å². The van der Waals surface area contributed by atoms with Crippen LogP contribution < -0.4 is 4.74 Å². The number of carboxylic acids is 1. The molecule has 0 radical (unpaired) electrons.